The van der Waals surface area contributed by atoms with Gasteiger partial charge in [0.05, 0.1) is 19.8 Å². The zero-order valence-electron chi connectivity index (χ0n) is 23.2. The van der Waals surface area contributed by atoms with Gasteiger partial charge in [-0.25, -0.2) is 4.79 Å². The number of rotatable bonds is 14. The third-order valence-corrected chi connectivity index (χ3v) is 7.54. The zero-order chi connectivity index (χ0) is 28.2. The Morgan fingerprint density at radius 2 is 1.79 bits per heavy atom. The highest BCUT2D eigenvalue weighted by molar-refractivity contribution is 7.98. The van der Waals surface area contributed by atoms with Gasteiger partial charge in [-0.2, -0.15) is 11.8 Å². The molecule has 0 aromatic heterocycles. The van der Waals surface area contributed by atoms with E-state index >= 15 is 0 Å². The van der Waals surface area contributed by atoms with Crippen LogP contribution in [0.15, 0.2) is 66.7 Å². The lowest BCUT2D eigenvalue weighted by Crippen LogP contribution is -2.42. The van der Waals surface area contributed by atoms with E-state index in [0.29, 0.717) is 23.6 Å². The van der Waals surface area contributed by atoms with E-state index in [1.807, 2.05) is 79.9 Å². The second-order valence-electron chi connectivity index (χ2n) is 9.52. The van der Waals surface area contributed by atoms with Gasteiger partial charge in [-0.3, -0.25) is 4.79 Å². The van der Waals surface area contributed by atoms with Crippen molar-refractivity contribution in [3.05, 3.63) is 94.0 Å². The number of halogens is 1. The number of benzene rings is 3. The second kappa shape index (κ2) is 15.7. The molecule has 39 heavy (non-hydrogen) atoms. The lowest BCUT2D eigenvalue weighted by Gasteiger charge is -2.20. The van der Waals surface area contributed by atoms with E-state index in [1.165, 1.54) is 7.11 Å². The number of nitrogens with one attached hydrogen (secondary N) is 1. The Hall–Kier alpha value is -2.80. The van der Waals surface area contributed by atoms with Crippen molar-refractivity contribution in [3.8, 4) is 11.1 Å². The van der Waals surface area contributed by atoms with Crippen LogP contribution in [0, 0.1) is 6.92 Å². The van der Waals surface area contributed by atoms with Crippen molar-refractivity contribution in [1.29, 1.82) is 0 Å². The van der Waals surface area contributed by atoms with Crippen LogP contribution in [-0.2, 0) is 20.9 Å². The number of thioether (sulfide) groups is 1. The smallest absolute Gasteiger partial charge is 0.328 e. The largest absolute Gasteiger partial charge is 0.467 e. The minimum absolute atomic E-state index is 0.0780. The number of ether oxygens (including phenoxy) is 2. The van der Waals surface area contributed by atoms with Crippen molar-refractivity contribution in [1.82, 2.24) is 5.32 Å². The lowest BCUT2D eigenvalue weighted by atomic mass is 9.93. The predicted octanol–water partition coefficient (Wildman–Crippen LogP) is 7.79. The third kappa shape index (κ3) is 8.85. The number of unbranched alkanes of at least 4 members (excludes halogenated alkanes) is 1. The average molecular weight is 568 g/mol. The van der Waals surface area contributed by atoms with Gasteiger partial charge in [0, 0.05) is 10.6 Å². The first-order chi connectivity index (χ1) is 18.9. The molecule has 0 saturated carbocycles. The van der Waals surface area contributed by atoms with Crippen LogP contribution in [0.5, 0.6) is 0 Å². The van der Waals surface area contributed by atoms with Gasteiger partial charge in [-0.1, -0.05) is 73.8 Å². The molecule has 0 bridgehead atoms. The number of aryl methyl sites for hydroxylation is 1. The van der Waals surface area contributed by atoms with Gasteiger partial charge < -0.3 is 14.8 Å². The highest BCUT2D eigenvalue weighted by atomic mass is 35.5. The van der Waals surface area contributed by atoms with Crippen LogP contribution < -0.4 is 5.32 Å². The maximum Gasteiger partial charge on any atom is 0.328 e. The predicted molar refractivity (Wildman–Crippen MR) is 161 cm³/mol. The second-order valence-corrected chi connectivity index (χ2v) is 10.9. The summed E-state index contributed by atoms with van der Waals surface area (Å²) in [5, 5.41) is 3.59. The Bertz CT molecular complexity index is 1250. The van der Waals surface area contributed by atoms with Crippen LogP contribution in [0.4, 0.5) is 0 Å². The van der Waals surface area contributed by atoms with Crippen molar-refractivity contribution >= 4 is 35.2 Å². The molecule has 2 atom stereocenters. The third-order valence-electron chi connectivity index (χ3n) is 6.66. The fourth-order valence-corrected chi connectivity index (χ4v) is 5.15. The van der Waals surface area contributed by atoms with Gasteiger partial charge in [-0.05, 0) is 83.9 Å². The molecular formula is C32H38ClNO4S. The van der Waals surface area contributed by atoms with Gasteiger partial charge in [0.2, 0.25) is 0 Å². The van der Waals surface area contributed by atoms with Gasteiger partial charge in [0.15, 0.2) is 0 Å². The number of amides is 1. The molecule has 3 rings (SSSR count). The molecule has 0 heterocycles. The first-order valence-electron chi connectivity index (χ1n) is 13.3. The standard InChI is InChI=1S/C32H38ClNO4S/c1-5-6-14-30(24-11-9-12-25(33)20-24)38-21-23-15-16-27(28(19-23)26-13-8-7-10-22(26)2)31(35)34-29(17-18-39-4)32(36)37-3/h7-13,15-16,19-20,29-30H,5-6,14,17-18,21H2,1-4H3,(H,34,35). The van der Waals surface area contributed by atoms with Crippen LogP contribution >= 0.6 is 23.4 Å². The van der Waals surface area contributed by atoms with Gasteiger partial charge in [0.25, 0.3) is 5.91 Å². The summed E-state index contributed by atoms with van der Waals surface area (Å²) in [6.45, 7) is 4.58. The fourth-order valence-electron chi connectivity index (χ4n) is 4.48. The Kier molecular flexibility index (Phi) is 12.4. The van der Waals surface area contributed by atoms with Crippen molar-refractivity contribution in [2.45, 2.75) is 58.3 Å². The normalized spacial score (nSPS) is 12.5. The molecule has 0 spiro atoms. The topological polar surface area (TPSA) is 64.6 Å². The van der Waals surface area contributed by atoms with Crippen LogP contribution in [0.25, 0.3) is 11.1 Å². The number of carbonyl (C=O) groups excluding carboxylic acids is 2. The quantitative estimate of drug-likeness (QED) is 0.201. The van der Waals surface area contributed by atoms with Gasteiger partial charge in [-0.15, -0.1) is 0 Å². The first kappa shape index (κ1) is 30.7. The minimum atomic E-state index is -0.709. The van der Waals surface area contributed by atoms with Gasteiger partial charge in [0.1, 0.15) is 6.04 Å². The summed E-state index contributed by atoms with van der Waals surface area (Å²) < 4.78 is 11.4. The zero-order valence-corrected chi connectivity index (χ0v) is 24.7. The van der Waals surface area contributed by atoms with E-state index in [-0.39, 0.29) is 12.0 Å². The molecule has 2 unspecified atom stereocenters. The molecule has 5 nitrogen and oxygen atoms in total. The monoisotopic (exact) mass is 567 g/mol. The van der Waals surface area contributed by atoms with E-state index in [0.717, 1.165) is 52.8 Å². The number of hydrogen-bond donors (Lipinski definition) is 1. The van der Waals surface area contributed by atoms with E-state index in [1.54, 1.807) is 11.8 Å². The summed E-state index contributed by atoms with van der Waals surface area (Å²) in [6.07, 6.45) is 5.40. The number of esters is 1. The molecule has 3 aromatic rings. The summed E-state index contributed by atoms with van der Waals surface area (Å²) in [5.41, 5.74) is 5.33. The van der Waals surface area contributed by atoms with E-state index < -0.39 is 12.0 Å². The Morgan fingerprint density at radius 3 is 2.49 bits per heavy atom. The molecule has 0 saturated heterocycles. The van der Waals surface area contributed by atoms with E-state index in [9.17, 15) is 9.59 Å². The van der Waals surface area contributed by atoms with Crippen LogP contribution in [0.1, 0.15) is 65.8 Å². The molecule has 0 aliphatic heterocycles. The summed E-state index contributed by atoms with van der Waals surface area (Å²) in [6, 6.07) is 20.8. The van der Waals surface area contributed by atoms with Gasteiger partial charge >= 0.3 is 5.97 Å². The maximum atomic E-state index is 13.5. The molecule has 0 aliphatic rings. The van der Waals surface area contributed by atoms with Crippen LogP contribution in [0.3, 0.4) is 0 Å². The first-order valence-corrected chi connectivity index (χ1v) is 15.1. The van der Waals surface area contributed by atoms with Crippen LogP contribution in [0.2, 0.25) is 5.02 Å². The number of methoxy groups -OCH3 is 1. The van der Waals surface area contributed by atoms with Crippen molar-refractivity contribution < 1.29 is 19.1 Å². The molecule has 0 radical (unpaired) electrons. The summed E-state index contributed by atoms with van der Waals surface area (Å²) in [5.74, 6) is -0.0248. The maximum absolute atomic E-state index is 13.5. The van der Waals surface area contributed by atoms with E-state index in [4.69, 9.17) is 21.1 Å². The molecule has 3 aromatic carbocycles. The Labute approximate surface area is 241 Å². The molecule has 7 heteroatoms. The molecule has 1 amide bonds. The van der Waals surface area contributed by atoms with Crippen LogP contribution in [-0.4, -0.2) is 37.0 Å². The molecule has 0 aliphatic carbocycles. The summed E-state index contributed by atoms with van der Waals surface area (Å²) >= 11 is 7.88. The fraction of sp³-hybridized carbons (Fsp3) is 0.375. The molecule has 1 N–H and O–H groups in total. The van der Waals surface area contributed by atoms with Crippen molar-refractivity contribution in [2.24, 2.45) is 0 Å². The van der Waals surface area contributed by atoms with Crippen molar-refractivity contribution in [2.75, 3.05) is 19.1 Å². The highest BCUT2D eigenvalue weighted by Gasteiger charge is 2.24. The molecule has 0 fully saturated rings. The van der Waals surface area contributed by atoms with Crippen molar-refractivity contribution in [3.63, 3.8) is 0 Å². The SMILES string of the molecule is CCCCC(OCc1ccc(C(=O)NC(CCSC)C(=O)OC)c(-c2ccccc2C)c1)c1cccc(Cl)c1. The number of hydrogen-bond acceptors (Lipinski definition) is 5. The summed E-state index contributed by atoms with van der Waals surface area (Å²) in [4.78, 5) is 25.8. The highest BCUT2D eigenvalue weighted by Crippen LogP contribution is 2.31. The molecular weight excluding hydrogens is 530 g/mol. The molecule has 208 valence electrons. The minimum Gasteiger partial charge on any atom is -0.467 e. The average Bonchev–Trinajstić information content (AvgIpc) is 2.95. The van der Waals surface area contributed by atoms with E-state index in [2.05, 4.69) is 12.2 Å². The number of carbonyl (C=O) groups is 2. The Balaban J connectivity index is 1.91. The summed E-state index contributed by atoms with van der Waals surface area (Å²) in [7, 11) is 1.34. The lowest BCUT2D eigenvalue weighted by molar-refractivity contribution is -0.142. The Morgan fingerprint density at radius 1 is 1.00 bits per heavy atom.